The first-order chi connectivity index (χ1) is 6.43. The number of pyridine rings is 1. The van der Waals surface area contributed by atoms with Crippen LogP contribution in [-0.4, -0.2) is 21.7 Å². The molecule has 0 radical (unpaired) electrons. The first-order valence-corrected chi connectivity index (χ1v) is 4.59. The lowest BCUT2D eigenvalue weighted by Gasteiger charge is -2.30. The van der Waals surface area contributed by atoms with Gasteiger partial charge in [0.2, 0.25) is 0 Å². The second-order valence-electron chi connectivity index (χ2n) is 3.99. The number of rotatable bonds is 3. The highest BCUT2D eigenvalue weighted by Crippen LogP contribution is 2.22. The molecule has 78 valence electrons. The average Bonchev–Trinajstić information content (AvgIpc) is 2.08. The number of nitrogens with one attached hydrogen (secondary N) is 1. The number of nitrogen functional groups attached to an aromatic ring is 1. The molecule has 0 spiro atoms. The van der Waals surface area contributed by atoms with Crippen LogP contribution < -0.4 is 11.1 Å². The first-order valence-electron chi connectivity index (χ1n) is 4.59. The molecule has 1 aromatic rings. The standard InChI is InChI=1S/C10H17N3O/c1-7(14)10(2,3)13-9-4-5-12-6-8(9)11/h4-7,14H,11H2,1-3H3,(H,12,13). The molecule has 1 rings (SSSR count). The lowest BCUT2D eigenvalue weighted by Crippen LogP contribution is -2.42. The van der Waals surface area contributed by atoms with Crippen molar-refractivity contribution >= 4 is 11.4 Å². The second-order valence-corrected chi connectivity index (χ2v) is 3.99. The van der Waals surface area contributed by atoms with Crippen LogP contribution in [0.4, 0.5) is 11.4 Å². The van der Waals surface area contributed by atoms with Crippen molar-refractivity contribution in [3.8, 4) is 0 Å². The molecular formula is C10H17N3O. The quantitative estimate of drug-likeness (QED) is 0.678. The fraction of sp³-hybridized carbons (Fsp3) is 0.500. The van der Waals surface area contributed by atoms with Crippen LogP contribution in [0.15, 0.2) is 18.5 Å². The fourth-order valence-electron chi connectivity index (χ4n) is 0.972. The minimum Gasteiger partial charge on any atom is -0.396 e. The molecule has 0 bridgehead atoms. The van der Waals surface area contributed by atoms with Crippen LogP contribution in [0.1, 0.15) is 20.8 Å². The smallest absolute Gasteiger partial charge is 0.0736 e. The maximum absolute atomic E-state index is 9.51. The highest BCUT2D eigenvalue weighted by Gasteiger charge is 2.24. The van der Waals surface area contributed by atoms with E-state index in [9.17, 15) is 5.11 Å². The zero-order valence-corrected chi connectivity index (χ0v) is 8.78. The van der Waals surface area contributed by atoms with Gasteiger partial charge in [-0.2, -0.15) is 0 Å². The van der Waals surface area contributed by atoms with Crippen LogP contribution >= 0.6 is 0 Å². The highest BCUT2D eigenvalue weighted by molar-refractivity contribution is 5.65. The summed E-state index contributed by atoms with van der Waals surface area (Å²) in [6, 6.07) is 1.79. The minimum absolute atomic E-state index is 0.407. The highest BCUT2D eigenvalue weighted by atomic mass is 16.3. The Balaban J connectivity index is 2.84. The molecule has 0 amide bonds. The van der Waals surface area contributed by atoms with Crippen molar-refractivity contribution in [1.29, 1.82) is 0 Å². The van der Waals surface area contributed by atoms with E-state index in [1.165, 1.54) is 0 Å². The number of aliphatic hydroxyl groups excluding tert-OH is 1. The number of aromatic nitrogens is 1. The Morgan fingerprint density at radius 3 is 2.71 bits per heavy atom. The predicted octanol–water partition coefficient (Wildman–Crippen LogP) is 1.24. The summed E-state index contributed by atoms with van der Waals surface area (Å²) in [5.74, 6) is 0. The number of nitrogens with two attached hydrogens (primary N) is 1. The van der Waals surface area contributed by atoms with Gasteiger partial charge in [0.25, 0.3) is 0 Å². The molecule has 4 heteroatoms. The van der Waals surface area contributed by atoms with Gasteiger partial charge in [-0.3, -0.25) is 4.98 Å². The molecule has 4 N–H and O–H groups in total. The van der Waals surface area contributed by atoms with E-state index in [1.54, 1.807) is 25.4 Å². The molecule has 0 aliphatic carbocycles. The number of nitrogens with zero attached hydrogens (tertiary/aromatic N) is 1. The largest absolute Gasteiger partial charge is 0.396 e. The average molecular weight is 195 g/mol. The van der Waals surface area contributed by atoms with Crippen molar-refractivity contribution in [2.45, 2.75) is 32.4 Å². The number of aliphatic hydroxyl groups is 1. The van der Waals surface area contributed by atoms with Gasteiger partial charge in [-0.05, 0) is 26.8 Å². The van der Waals surface area contributed by atoms with Gasteiger partial charge in [0.15, 0.2) is 0 Å². The van der Waals surface area contributed by atoms with E-state index in [-0.39, 0.29) is 0 Å². The normalized spacial score (nSPS) is 13.7. The van der Waals surface area contributed by atoms with Gasteiger partial charge in [0, 0.05) is 6.20 Å². The van der Waals surface area contributed by atoms with Crippen LogP contribution in [0.5, 0.6) is 0 Å². The molecule has 4 nitrogen and oxygen atoms in total. The molecule has 1 unspecified atom stereocenters. The maximum atomic E-state index is 9.51. The zero-order valence-electron chi connectivity index (χ0n) is 8.78. The third-order valence-corrected chi connectivity index (χ3v) is 2.35. The molecule has 0 saturated heterocycles. The molecule has 0 fully saturated rings. The number of hydrogen-bond acceptors (Lipinski definition) is 4. The van der Waals surface area contributed by atoms with Gasteiger partial charge < -0.3 is 16.2 Å². The third kappa shape index (κ3) is 2.35. The summed E-state index contributed by atoms with van der Waals surface area (Å²) in [7, 11) is 0. The van der Waals surface area contributed by atoms with Gasteiger partial charge in [-0.1, -0.05) is 0 Å². The lowest BCUT2D eigenvalue weighted by molar-refractivity contribution is 0.133. The Morgan fingerprint density at radius 1 is 1.57 bits per heavy atom. The Hall–Kier alpha value is -1.29. The maximum Gasteiger partial charge on any atom is 0.0736 e. The van der Waals surface area contributed by atoms with E-state index in [2.05, 4.69) is 10.3 Å². The summed E-state index contributed by atoms with van der Waals surface area (Å²) in [4.78, 5) is 3.89. The predicted molar refractivity (Wildman–Crippen MR) is 58.0 cm³/mol. The van der Waals surface area contributed by atoms with Crippen molar-refractivity contribution in [1.82, 2.24) is 4.98 Å². The van der Waals surface area contributed by atoms with Crippen molar-refractivity contribution in [2.75, 3.05) is 11.1 Å². The van der Waals surface area contributed by atoms with Gasteiger partial charge in [0.05, 0.1) is 29.2 Å². The molecule has 14 heavy (non-hydrogen) atoms. The third-order valence-electron chi connectivity index (χ3n) is 2.35. The fourth-order valence-corrected chi connectivity index (χ4v) is 0.972. The van der Waals surface area contributed by atoms with Gasteiger partial charge >= 0.3 is 0 Å². The van der Waals surface area contributed by atoms with Gasteiger partial charge in [0.1, 0.15) is 0 Å². The van der Waals surface area contributed by atoms with Crippen LogP contribution in [0.3, 0.4) is 0 Å². The van der Waals surface area contributed by atoms with Crippen LogP contribution in [0, 0.1) is 0 Å². The van der Waals surface area contributed by atoms with E-state index in [0.717, 1.165) is 5.69 Å². The molecule has 0 saturated carbocycles. The number of hydrogen-bond donors (Lipinski definition) is 3. The van der Waals surface area contributed by atoms with E-state index in [4.69, 9.17) is 5.73 Å². The van der Waals surface area contributed by atoms with E-state index >= 15 is 0 Å². The lowest BCUT2D eigenvalue weighted by atomic mass is 9.98. The Kier molecular flexibility index (Phi) is 2.96. The van der Waals surface area contributed by atoms with Gasteiger partial charge in [-0.15, -0.1) is 0 Å². The first kappa shape index (κ1) is 10.8. The SMILES string of the molecule is CC(O)C(C)(C)Nc1ccncc1N. The summed E-state index contributed by atoms with van der Waals surface area (Å²) >= 11 is 0. The van der Waals surface area contributed by atoms with E-state index < -0.39 is 11.6 Å². The summed E-state index contributed by atoms with van der Waals surface area (Å²) in [6.45, 7) is 5.57. The molecule has 0 aromatic carbocycles. The Morgan fingerprint density at radius 2 is 2.21 bits per heavy atom. The van der Waals surface area contributed by atoms with Crippen molar-refractivity contribution < 1.29 is 5.11 Å². The van der Waals surface area contributed by atoms with E-state index in [0.29, 0.717) is 5.69 Å². The monoisotopic (exact) mass is 195 g/mol. The van der Waals surface area contributed by atoms with Crippen LogP contribution in [0.25, 0.3) is 0 Å². The molecule has 0 aliphatic heterocycles. The zero-order chi connectivity index (χ0) is 10.8. The van der Waals surface area contributed by atoms with Crippen LogP contribution in [-0.2, 0) is 0 Å². The van der Waals surface area contributed by atoms with E-state index in [1.807, 2.05) is 13.8 Å². The molecular weight excluding hydrogens is 178 g/mol. The number of anilines is 2. The molecule has 1 atom stereocenters. The summed E-state index contributed by atoms with van der Waals surface area (Å²) in [6.07, 6.45) is 2.78. The Labute approximate surface area is 84.2 Å². The molecule has 1 heterocycles. The summed E-state index contributed by atoms with van der Waals surface area (Å²) in [5.41, 5.74) is 6.70. The minimum atomic E-state index is -0.463. The Bertz CT molecular complexity index is 310. The topological polar surface area (TPSA) is 71.2 Å². The molecule has 0 aliphatic rings. The van der Waals surface area contributed by atoms with Gasteiger partial charge in [-0.25, -0.2) is 0 Å². The van der Waals surface area contributed by atoms with Crippen molar-refractivity contribution in [2.24, 2.45) is 0 Å². The van der Waals surface area contributed by atoms with Crippen LogP contribution in [0.2, 0.25) is 0 Å². The summed E-state index contributed by atoms with van der Waals surface area (Å²) in [5, 5.41) is 12.7. The second kappa shape index (κ2) is 3.84. The molecule has 1 aromatic heterocycles. The van der Waals surface area contributed by atoms with Crippen molar-refractivity contribution in [3.63, 3.8) is 0 Å². The van der Waals surface area contributed by atoms with Crippen molar-refractivity contribution in [3.05, 3.63) is 18.5 Å². The summed E-state index contributed by atoms with van der Waals surface area (Å²) < 4.78 is 0.